The highest BCUT2D eigenvalue weighted by Crippen LogP contribution is 2.18. The summed E-state index contributed by atoms with van der Waals surface area (Å²) in [7, 11) is -3.64. The minimum absolute atomic E-state index is 0.0748. The topological polar surface area (TPSA) is 60.9 Å². The summed E-state index contributed by atoms with van der Waals surface area (Å²) in [6.07, 6.45) is 4.73. The van der Waals surface area contributed by atoms with Gasteiger partial charge in [0, 0.05) is 26.2 Å². The van der Waals surface area contributed by atoms with Gasteiger partial charge < -0.3 is 4.90 Å². The Labute approximate surface area is 154 Å². The van der Waals surface area contributed by atoms with Gasteiger partial charge in [0.15, 0.2) is 0 Å². The fourth-order valence-corrected chi connectivity index (χ4v) is 4.94. The maximum absolute atomic E-state index is 13.0. The molecule has 0 aliphatic carbocycles. The molecule has 0 aromatic heterocycles. The molecular formula is C18H26FN3O3S. The van der Waals surface area contributed by atoms with Crippen molar-refractivity contribution >= 4 is 15.9 Å². The Hall–Kier alpha value is -1.51. The molecule has 26 heavy (non-hydrogen) atoms. The fourth-order valence-electron chi connectivity index (χ4n) is 3.52. The lowest BCUT2D eigenvalue weighted by Gasteiger charge is -2.35. The Morgan fingerprint density at radius 3 is 2.04 bits per heavy atom. The fraction of sp³-hybridized carbons (Fsp3) is 0.611. The summed E-state index contributed by atoms with van der Waals surface area (Å²) in [6, 6.07) is 4.85. The van der Waals surface area contributed by atoms with E-state index in [2.05, 4.69) is 4.90 Å². The molecule has 6 nitrogen and oxygen atoms in total. The molecule has 0 N–H and O–H groups in total. The van der Waals surface area contributed by atoms with Crippen LogP contribution in [0.2, 0.25) is 0 Å². The van der Waals surface area contributed by atoms with E-state index in [9.17, 15) is 17.6 Å². The summed E-state index contributed by atoms with van der Waals surface area (Å²) in [5, 5.41) is 0. The largest absolute Gasteiger partial charge is 0.339 e. The Morgan fingerprint density at radius 1 is 0.885 bits per heavy atom. The van der Waals surface area contributed by atoms with Crippen LogP contribution in [-0.4, -0.2) is 74.2 Å². The van der Waals surface area contributed by atoms with Gasteiger partial charge in [-0.15, -0.1) is 0 Å². The number of carbonyl (C=O) groups excluding carboxylic acids is 1. The Bertz CT molecular complexity index is 708. The molecular weight excluding hydrogens is 357 g/mol. The molecule has 2 saturated heterocycles. The molecule has 2 heterocycles. The highest BCUT2D eigenvalue weighted by atomic mass is 32.2. The van der Waals surface area contributed by atoms with Crippen LogP contribution in [0.25, 0.3) is 0 Å². The number of carbonyl (C=O) groups is 1. The van der Waals surface area contributed by atoms with Gasteiger partial charge in [0.05, 0.1) is 11.4 Å². The standard InChI is InChI=1S/C18H26FN3O3S/c19-16-5-7-17(8-6-16)26(24,25)22-13-11-21(12-14-22)18(23)15-20-9-3-1-2-4-10-20/h5-8H,1-4,9-15H2. The summed E-state index contributed by atoms with van der Waals surface area (Å²) < 4.78 is 39.6. The van der Waals surface area contributed by atoms with Crippen molar-refractivity contribution in [1.29, 1.82) is 0 Å². The molecule has 144 valence electrons. The average Bonchev–Trinajstić information content (AvgIpc) is 2.91. The Morgan fingerprint density at radius 2 is 1.46 bits per heavy atom. The maximum Gasteiger partial charge on any atom is 0.243 e. The second kappa shape index (κ2) is 8.45. The van der Waals surface area contributed by atoms with Crippen molar-refractivity contribution < 1.29 is 17.6 Å². The number of sulfonamides is 1. The number of hydrogen-bond donors (Lipinski definition) is 0. The first kappa shape index (κ1) is 19.3. The van der Waals surface area contributed by atoms with Gasteiger partial charge in [-0.1, -0.05) is 12.8 Å². The van der Waals surface area contributed by atoms with E-state index < -0.39 is 15.8 Å². The summed E-state index contributed by atoms with van der Waals surface area (Å²) in [5.41, 5.74) is 0. The van der Waals surface area contributed by atoms with Crippen molar-refractivity contribution in [2.24, 2.45) is 0 Å². The molecule has 2 aliphatic heterocycles. The number of hydrogen-bond acceptors (Lipinski definition) is 4. The molecule has 1 aromatic rings. The normalized spacial score (nSPS) is 20.7. The highest BCUT2D eigenvalue weighted by molar-refractivity contribution is 7.89. The van der Waals surface area contributed by atoms with Gasteiger partial charge in [-0.3, -0.25) is 9.69 Å². The second-order valence-electron chi connectivity index (χ2n) is 6.93. The molecule has 8 heteroatoms. The SMILES string of the molecule is O=C(CN1CCCCCC1)N1CCN(S(=O)(=O)c2ccc(F)cc2)CC1. The van der Waals surface area contributed by atoms with Crippen LogP contribution in [0.5, 0.6) is 0 Å². The van der Waals surface area contributed by atoms with Crippen molar-refractivity contribution in [3.63, 3.8) is 0 Å². The Kier molecular flexibility index (Phi) is 6.26. The molecule has 1 aromatic carbocycles. The zero-order valence-corrected chi connectivity index (χ0v) is 15.8. The molecule has 1 amide bonds. The second-order valence-corrected chi connectivity index (χ2v) is 8.87. The van der Waals surface area contributed by atoms with Crippen LogP contribution in [0, 0.1) is 5.82 Å². The summed E-state index contributed by atoms with van der Waals surface area (Å²) in [5.74, 6) is -0.390. The number of likely N-dealkylation sites (tertiary alicyclic amines) is 1. The summed E-state index contributed by atoms with van der Waals surface area (Å²) in [6.45, 7) is 3.68. The molecule has 0 unspecified atom stereocenters. The minimum Gasteiger partial charge on any atom is -0.339 e. The van der Waals surface area contributed by atoms with Gasteiger partial charge >= 0.3 is 0 Å². The number of amides is 1. The van der Waals surface area contributed by atoms with Crippen LogP contribution in [0.15, 0.2) is 29.2 Å². The summed E-state index contributed by atoms with van der Waals surface area (Å²) >= 11 is 0. The van der Waals surface area contributed by atoms with Gasteiger partial charge in [-0.25, -0.2) is 12.8 Å². The Balaban J connectivity index is 1.54. The lowest BCUT2D eigenvalue weighted by atomic mass is 10.2. The smallest absolute Gasteiger partial charge is 0.243 e. The quantitative estimate of drug-likeness (QED) is 0.791. The van der Waals surface area contributed by atoms with Crippen LogP contribution >= 0.6 is 0 Å². The van der Waals surface area contributed by atoms with Crippen molar-refractivity contribution in [3.8, 4) is 0 Å². The third-order valence-electron chi connectivity index (χ3n) is 5.10. The minimum atomic E-state index is -3.64. The highest BCUT2D eigenvalue weighted by Gasteiger charge is 2.30. The molecule has 0 spiro atoms. The molecule has 3 rings (SSSR count). The zero-order chi connectivity index (χ0) is 18.6. The van der Waals surface area contributed by atoms with E-state index in [0.29, 0.717) is 19.6 Å². The molecule has 0 radical (unpaired) electrons. The van der Waals surface area contributed by atoms with E-state index in [0.717, 1.165) is 38.1 Å². The van der Waals surface area contributed by atoms with Gasteiger partial charge in [0.1, 0.15) is 5.82 Å². The lowest BCUT2D eigenvalue weighted by Crippen LogP contribution is -2.52. The average molecular weight is 383 g/mol. The van der Waals surface area contributed by atoms with Crippen LogP contribution < -0.4 is 0 Å². The van der Waals surface area contributed by atoms with Crippen molar-refractivity contribution in [1.82, 2.24) is 14.1 Å². The number of halogens is 1. The van der Waals surface area contributed by atoms with E-state index in [4.69, 9.17) is 0 Å². The van der Waals surface area contributed by atoms with Gasteiger partial charge in [0.2, 0.25) is 15.9 Å². The van der Waals surface area contributed by atoms with Crippen LogP contribution in [0.4, 0.5) is 4.39 Å². The van der Waals surface area contributed by atoms with Gasteiger partial charge in [-0.05, 0) is 50.2 Å². The molecule has 2 fully saturated rings. The van der Waals surface area contributed by atoms with Gasteiger partial charge in [0.25, 0.3) is 0 Å². The third-order valence-corrected chi connectivity index (χ3v) is 7.01. The zero-order valence-electron chi connectivity index (χ0n) is 14.9. The first-order valence-corrected chi connectivity index (χ1v) is 10.7. The summed E-state index contributed by atoms with van der Waals surface area (Å²) in [4.78, 5) is 16.6. The van der Waals surface area contributed by atoms with Crippen LogP contribution in [-0.2, 0) is 14.8 Å². The predicted octanol–water partition coefficient (Wildman–Crippen LogP) is 1.53. The molecule has 0 saturated carbocycles. The molecule has 2 aliphatic rings. The predicted molar refractivity (Wildman–Crippen MR) is 96.6 cm³/mol. The van der Waals surface area contributed by atoms with Crippen LogP contribution in [0.3, 0.4) is 0 Å². The van der Waals surface area contributed by atoms with Crippen molar-refractivity contribution in [2.45, 2.75) is 30.6 Å². The number of nitrogens with zero attached hydrogens (tertiary/aromatic N) is 3. The van der Waals surface area contributed by atoms with E-state index in [1.54, 1.807) is 4.90 Å². The number of benzene rings is 1. The van der Waals surface area contributed by atoms with Gasteiger partial charge in [-0.2, -0.15) is 4.31 Å². The number of rotatable bonds is 4. The van der Waals surface area contributed by atoms with E-state index in [-0.39, 0.29) is 23.9 Å². The van der Waals surface area contributed by atoms with E-state index >= 15 is 0 Å². The third kappa shape index (κ3) is 4.61. The van der Waals surface area contributed by atoms with Crippen LogP contribution in [0.1, 0.15) is 25.7 Å². The van der Waals surface area contributed by atoms with Crippen molar-refractivity contribution in [3.05, 3.63) is 30.1 Å². The molecule has 0 bridgehead atoms. The monoisotopic (exact) mass is 383 g/mol. The van der Waals surface area contributed by atoms with E-state index in [1.165, 1.54) is 29.3 Å². The first-order chi connectivity index (χ1) is 12.5. The first-order valence-electron chi connectivity index (χ1n) is 9.23. The van der Waals surface area contributed by atoms with Crippen molar-refractivity contribution in [2.75, 3.05) is 45.8 Å². The van der Waals surface area contributed by atoms with E-state index in [1.807, 2.05) is 0 Å². The molecule has 0 atom stereocenters. The number of piperazine rings is 1. The lowest BCUT2D eigenvalue weighted by molar-refractivity contribution is -0.133. The maximum atomic E-state index is 13.0.